The molecule has 0 aliphatic heterocycles. The summed E-state index contributed by atoms with van der Waals surface area (Å²) >= 11 is 0. The van der Waals surface area contributed by atoms with Crippen molar-refractivity contribution in [2.75, 3.05) is 0 Å². The van der Waals surface area contributed by atoms with Crippen LogP contribution in [0.1, 0.15) is 98.4 Å². The summed E-state index contributed by atoms with van der Waals surface area (Å²) < 4.78 is 54.3. The van der Waals surface area contributed by atoms with E-state index in [9.17, 15) is 5.11 Å². The summed E-state index contributed by atoms with van der Waals surface area (Å²) in [6.45, 7) is 14.2. The third-order valence-corrected chi connectivity index (χ3v) is 12.6. The second-order valence-corrected chi connectivity index (χ2v) is 20.5. The number of imidazole rings is 1. The molecular formula is C62H60N3OPt-. The molecule has 0 fully saturated rings. The molecule has 0 aliphatic carbocycles. The molecule has 0 saturated heterocycles. The van der Waals surface area contributed by atoms with Crippen LogP contribution in [0, 0.1) is 19.8 Å². The average Bonchev–Trinajstić information content (AvgIpc) is 3.72. The molecule has 9 aromatic rings. The first-order valence-corrected chi connectivity index (χ1v) is 22.6. The fourth-order valence-electron chi connectivity index (χ4n) is 8.72. The number of fused-ring (bicyclic) bond motifs is 1. The van der Waals surface area contributed by atoms with Crippen LogP contribution in [0.5, 0.6) is 5.75 Å². The molecule has 0 amide bonds. The topological polar surface area (TPSA) is 50.9 Å². The zero-order valence-electron chi connectivity index (χ0n) is 45.6. The first kappa shape index (κ1) is 39.8. The Hall–Kier alpha value is -6.35. The molecule has 0 saturated carbocycles. The van der Waals surface area contributed by atoms with Gasteiger partial charge in [0.05, 0.1) is 22.3 Å². The minimum absolute atomic E-state index is 0. The van der Waals surface area contributed by atoms with Crippen LogP contribution in [0.4, 0.5) is 0 Å². The Morgan fingerprint density at radius 2 is 1.15 bits per heavy atom. The molecule has 0 radical (unpaired) electrons. The number of aromatic hydroxyl groups is 1. The van der Waals surface area contributed by atoms with E-state index >= 15 is 0 Å². The summed E-state index contributed by atoms with van der Waals surface area (Å²) in [6.07, 6.45) is 1.71. The van der Waals surface area contributed by atoms with Crippen LogP contribution in [0.2, 0.25) is 0 Å². The van der Waals surface area contributed by atoms with E-state index in [2.05, 4.69) is 86.6 Å². The van der Waals surface area contributed by atoms with E-state index in [4.69, 9.17) is 18.2 Å². The van der Waals surface area contributed by atoms with E-state index in [1.165, 1.54) is 0 Å². The number of para-hydroxylation sites is 1. The molecule has 67 heavy (non-hydrogen) atoms. The van der Waals surface area contributed by atoms with E-state index in [1.807, 2.05) is 126 Å². The summed E-state index contributed by atoms with van der Waals surface area (Å²) in [5.41, 5.74) is 11.8. The molecule has 0 atom stereocenters. The van der Waals surface area contributed by atoms with Gasteiger partial charge in [-0.2, -0.15) is 0 Å². The SMILES string of the molecule is [2H]C([2H])([2H])c1ccc(-c2ccccc2)cc1-c1ccnc(-c2[c-]c(-c3cccc4c3nc(-c3cc(C(C)(C)C)cc(C(C)(C)C)c3O)n4-c3ccc(-c4ccccc4)cc3C([2H])([2H])[2H])cc(C(C)(C)C)c2)c1.[Pt]. The second-order valence-electron chi connectivity index (χ2n) is 20.5. The maximum Gasteiger partial charge on any atom is 0.148 e. The molecule has 0 aliphatic rings. The largest absolute Gasteiger partial charge is 0.507 e. The standard InChI is InChI=1S/C62H60N3O.Pt/c1-39-25-26-44(42-21-16-13-17-22-42)35-51(39)45-29-30-63-54(36-45)47-32-46(33-48(34-47)60(3,4)5)50-23-18-24-56-57(50)64-59(52-37-49(61(6,7)8)38-53(58(52)66)62(9,10)11)65(56)55-28-27-43(31-40(55)2)41-19-14-12-15-20-41;/h12-31,33-38,66H,1-11H3;/q-1;/i1D3,2D3;. The van der Waals surface area contributed by atoms with Crippen molar-refractivity contribution in [2.45, 2.75) is 92.3 Å². The quantitative estimate of drug-likeness (QED) is 0.162. The van der Waals surface area contributed by atoms with Crippen molar-refractivity contribution in [1.82, 2.24) is 14.5 Å². The second kappa shape index (κ2) is 18.0. The number of benzene rings is 7. The number of phenolic OH excluding ortho intramolecular Hbond substituents is 1. The zero-order chi connectivity index (χ0) is 51.7. The Labute approximate surface area is 420 Å². The van der Waals surface area contributed by atoms with E-state index in [0.29, 0.717) is 50.5 Å². The Morgan fingerprint density at radius 3 is 1.79 bits per heavy atom. The van der Waals surface area contributed by atoms with Crippen LogP contribution >= 0.6 is 0 Å². The Balaban J connectivity index is 0.00000711. The fourth-order valence-corrected chi connectivity index (χ4v) is 8.72. The van der Waals surface area contributed by atoms with Gasteiger partial charge in [0.25, 0.3) is 0 Å². The van der Waals surface area contributed by atoms with Crippen LogP contribution in [0.15, 0.2) is 158 Å². The fraction of sp³-hybridized carbons (Fsp3) is 0.226. The maximum absolute atomic E-state index is 12.5. The van der Waals surface area contributed by atoms with Gasteiger partial charge in [-0.15, -0.1) is 29.3 Å². The van der Waals surface area contributed by atoms with E-state index in [-0.39, 0.29) is 48.8 Å². The molecule has 9 rings (SSSR count). The van der Waals surface area contributed by atoms with Gasteiger partial charge in [-0.25, -0.2) is 4.98 Å². The van der Waals surface area contributed by atoms with Crippen molar-refractivity contribution in [3.05, 3.63) is 192 Å². The predicted molar refractivity (Wildman–Crippen MR) is 278 cm³/mol. The number of hydrogen-bond acceptors (Lipinski definition) is 3. The van der Waals surface area contributed by atoms with Gasteiger partial charge >= 0.3 is 0 Å². The number of aromatic nitrogens is 3. The van der Waals surface area contributed by atoms with Gasteiger partial charge < -0.3 is 5.11 Å². The van der Waals surface area contributed by atoms with E-state index in [0.717, 1.165) is 50.1 Å². The van der Waals surface area contributed by atoms with E-state index < -0.39 is 19.1 Å². The molecule has 0 unspecified atom stereocenters. The normalized spacial score (nSPS) is 13.7. The number of nitrogens with zero attached hydrogens (tertiary/aromatic N) is 3. The summed E-state index contributed by atoms with van der Waals surface area (Å²) in [5.74, 6) is 0.476. The molecule has 5 heteroatoms. The Bertz CT molecular complexity index is 3500. The minimum Gasteiger partial charge on any atom is -0.507 e. The van der Waals surface area contributed by atoms with Crippen molar-refractivity contribution in [3.8, 4) is 78.6 Å². The van der Waals surface area contributed by atoms with E-state index in [1.54, 1.807) is 18.3 Å². The molecule has 2 heterocycles. The number of rotatable bonds is 7. The van der Waals surface area contributed by atoms with Crippen LogP contribution in [-0.2, 0) is 37.3 Å². The van der Waals surface area contributed by atoms with Gasteiger partial charge in [0.2, 0.25) is 0 Å². The average molecular weight is 1060 g/mol. The van der Waals surface area contributed by atoms with Gasteiger partial charge in [-0.1, -0.05) is 177 Å². The van der Waals surface area contributed by atoms with Crippen molar-refractivity contribution >= 4 is 11.0 Å². The maximum atomic E-state index is 12.5. The van der Waals surface area contributed by atoms with Crippen LogP contribution < -0.4 is 0 Å². The van der Waals surface area contributed by atoms with Gasteiger partial charge in [-0.3, -0.25) is 9.55 Å². The number of pyridine rings is 1. The monoisotopic (exact) mass is 1060 g/mol. The van der Waals surface area contributed by atoms with Gasteiger partial charge in [0.15, 0.2) is 0 Å². The predicted octanol–water partition coefficient (Wildman–Crippen LogP) is 16.4. The summed E-state index contributed by atoms with van der Waals surface area (Å²) in [5, 5.41) is 12.5. The smallest absolute Gasteiger partial charge is 0.148 e. The Morgan fingerprint density at radius 1 is 0.522 bits per heavy atom. The van der Waals surface area contributed by atoms with Crippen LogP contribution in [0.25, 0.3) is 83.9 Å². The Kier molecular flexibility index (Phi) is 10.7. The molecule has 0 bridgehead atoms. The summed E-state index contributed by atoms with van der Waals surface area (Å²) in [4.78, 5) is 10.4. The zero-order valence-corrected chi connectivity index (χ0v) is 41.9. The molecule has 0 spiro atoms. The molecule has 7 aromatic carbocycles. The van der Waals surface area contributed by atoms with Crippen LogP contribution in [-0.4, -0.2) is 19.6 Å². The third kappa shape index (κ3) is 9.34. The van der Waals surface area contributed by atoms with Gasteiger partial charge in [0, 0.05) is 46.7 Å². The van der Waals surface area contributed by atoms with Crippen molar-refractivity contribution in [1.29, 1.82) is 0 Å². The molecule has 1 N–H and O–H groups in total. The first-order chi connectivity index (χ1) is 33.8. The molecule has 4 nitrogen and oxygen atoms in total. The third-order valence-electron chi connectivity index (χ3n) is 12.6. The van der Waals surface area contributed by atoms with Crippen LogP contribution in [0.3, 0.4) is 0 Å². The van der Waals surface area contributed by atoms with Gasteiger partial charge in [-0.05, 0) is 116 Å². The van der Waals surface area contributed by atoms with Crippen molar-refractivity contribution < 1.29 is 34.4 Å². The summed E-state index contributed by atoms with van der Waals surface area (Å²) in [7, 11) is 0. The number of hydrogen-bond donors (Lipinski definition) is 1. The molecule has 2 aromatic heterocycles. The summed E-state index contributed by atoms with van der Waals surface area (Å²) in [6, 6.07) is 52.4. The number of phenols is 1. The van der Waals surface area contributed by atoms with Crippen molar-refractivity contribution in [3.63, 3.8) is 0 Å². The first-order valence-electron chi connectivity index (χ1n) is 25.6. The van der Waals surface area contributed by atoms with Crippen molar-refractivity contribution in [2.24, 2.45) is 0 Å². The number of aryl methyl sites for hydroxylation is 2. The van der Waals surface area contributed by atoms with Gasteiger partial charge in [0.1, 0.15) is 11.6 Å². The molecular weight excluding hydrogens is 998 g/mol. The minimum atomic E-state index is -2.53. The molecule has 340 valence electrons.